The average Bonchev–Trinajstić information content (AvgIpc) is 3.05. The molecule has 1 N–H and O–H groups in total. The van der Waals surface area contributed by atoms with Crippen LogP contribution in [0.25, 0.3) is 0 Å². The predicted octanol–water partition coefficient (Wildman–Crippen LogP) is 3.29. The summed E-state index contributed by atoms with van der Waals surface area (Å²) in [4.78, 5) is 25.6. The molecule has 7 nitrogen and oxygen atoms in total. The van der Waals surface area contributed by atoms with E-state index in [0.717, 1.165) is 11.3 Å². The minimum absolute atomic E-state index is 0.0421. The van der Waals surface area contributed by atoms with E-state index in [1.807, 2.05) is 0 Å². The van der Waals surface area contributed by atoms with Crippen molar-refractivity contribution >= 4 is 61.3 Å². The van der Waals surface area contributed by atoms with Crippen LogP contribution in [-0.2, 0) is 33.8 Å². The van der Waals surface area contributed by atoms with Crippen LogP contribution in [0.3, 0.4) is 0 Å². The third-order valence-electron chi connectivity index (χ3n) is 4.16. The van der Waals surface area contributed by atoms with Gasteiger partial charge in [0.1, 0.15) is 15.8 Å². The van der Waals surface area contributed by atoms with Crippen molar-refractivity contribution in [1.29, 1.82) is 0 Å². The number of nitrogens with zero attached hydrogens (tertiary/aromatic N) is 1. The Morgan fingerprint density at radius 3 is 2.67 bits per heavy atom. The second-order valence-corrected chi connectivity index (χ2v) is 10.0. The van der Waals surface area contributed by atoms with Crippen LogP contribution in [0.4, 0.5) is 5.00 Å². The summed E-state index contributed by atoms with van der Waals surface area (Å²) in [6.45, 7) is 1.84. The summed E-state index contributed by atoms with van der Waals surface area (Å²) >= 11 is 13.0. The Labute approximate surface area is 170 Å². The molecule has 2 aromatic heterocycles. The van der Waals surface area contributed by atoms with E-state index in [1.165, 1.54) is 10.6 Å². The summed E-state index contributed by atoms with van der Waals surface area (Å²) in [5.41, 5.74) is 1.04. The van der Waals surface area contributed by atoms with E-state index in [9.17, 15) is 18.0 Å². The molecule has 3 rings (SSSR count). The number of hydrogen-bond donors (Lipinski definition) is 1. The summed E-state index contributed by atoms with van der Waals surface area (Å²) in [6.07, 6.45) is 0.208. The molecule has 146 valence electrons. The van der Waals surface area contributed by atoms with Crippen LogP contribution >= 0.6 is 34.5 Å². The highest BCUT2D eigenvalue weighted by Crippen LogP contribution is 2.39. The van der Waals surface area contributed by atoms with E-state index in [0.29, 0.717) is 10.4 Å². The maximum absolute atomic E-state index is 12.7. The van der Waals surface area contributed by atoms with Gasteiger partial charge in [-0.2, -0.15) is 0 Å². The quantitative estimate of drug-likeness (QED) is 0.720. The van der Waals surface area contributed by atoms with E-state index < -0.39 is 21.7 Å². The van der Waals surface area contributed by atoms with E-state index in [-0.39, 0.29) is 51.0 Å². The number of carbonyl (C=O) groups is 2. The summed E-state index contributed by atoms with van der Waals surface area (Å²) < 4.78 is 30.4. The van der Waals surface area contributed by atoms with Crippen molar-refractivity contribution < 1.29 is 22.7 Å². The molecule has 0 saturated carbocycles. The Balaban J connectivity index is 2.01. The molecule has 0 aromatic carbocycles. The third kappa shape index (κ3) is 3.87. The number of amides is 1. The Hall–Kier alpha value is -1.55. The molecule has 0 fully saturated rings. The van der Waals surface area contributed by atoms with Gasteiger partial charge in [-0.3, -0.25) is 4.79 Å². The predicted molar refractivity (Wildman–Crippen MR) is 105 cm³/mol. The first kappa shape index (κ1) is 20.2. The number of fused-ring (bicyclic) bond motifs is 1. The number of nitrogens with one attached hydrogen (secondary N) is 1. The zero-order valence-corrected chi connectivity index (χ0v) is 17.6. The number of thiophene rings is 1. The van der Waals surface area contributed by atoms with Gasteiger partial charge < -0.3 is 14.6 Å². The highest BCUT2D eigenvalue weighted by atomic mass is 35.5. The number of carbonyl (C=O) groups excluding carboxylic acids is 2. The van der Waals surface area contributed by atoms with Crippen molar-refractivity contribution in [3.8, 4) is 0 Å². The van der Waals surface area contributed by atoms with Crippen LogP contribution in [-0.4, -0.2) is 37.2 Å². The lowest BCUT2D eigenvalue weighted by molar-refractivity contribution is 0.0527. The van der Waals surface area contributed by atoms with Gasteiger partial charge in [0.25, 0.3) is 5.91 Å². The molecule has 1 aliphatic heterocycles. The van der Waals surface area contributed by atoms with Gasteiger partial charge in [-0.25, -0.2) is 13.2 Å². The number of esters is 1. The average molecular weight is 451 g/mol. The summed E-state index contributed by atoms with van der Waals surface area (Å²) in [6, 6.07) is 1.42. The molecule has 11 heteroatoms. The second kappa shape index (κ2) is 7.46. The summed E-state index contributed by atoms with van der Waals surface area (Å²) in [5, 5.41) is 3.38. The summed E-state index contributed by atoms with van der Waals surface area (Å²) in [5.74, 6) is -1.30. The van der Waals surface area contributed by atoms with Crippen LogP contribution in [0.15, 0.2) is 6.07 Å². The minimum atomic E-state index is -3.22. The lowest BCUT2D eigenvalue weighted by Gasteiger charge is -2.13. The number of rotatable bonds is 4. The Morgan fingerprint density at radius 2 is 2.07 bits per heavy atom. The molecular formula is C16H16Cl2N2O5S2. The van der Waals surface area contributed by atoms with E-state index in [1.54, 1.807) is 14.0 Å². The van der Waals surface area contributed by atoms with Crippen molar-refractivity contribution in [2.24, 2.45) is 7.05 Å². The van der Waals surface area contributed by atoms with Gasteiger partial charge in [-0.1, -0.05) is 23.2 Å². The zero-order valence-electron chi connectivity index (χ0n) is 14.5. The van der Waals surface area contributed by atoms with Gasteiger partial charge in [-0.15, -0.1) is 11.3 Å². The molecule has 1 amide bonds. The maximum Gasteiger partial charge on any atom is 0.341 e. The fourth-order valence-electron chi connectivity index (χ4n) is 2.86. The van der Waals surface area contributed by atoms with Crippen molar-refractivity contribution in [1.82, 2.24) is 4.57 Å². The number of anilines is 1. The van der Waals surface area contributed by atoms with Crippen LogP contribution in [0.2, 0.25) is 10.2 Å². The number of sulfone groups is 1. The third-order valence-corrected chi connectivity index (χ3v) is 7.89. The Bertz CT molecular complexity index is 1040. The first-order valence-electron chi connectivity index (χ1n) is 7.98. The van der Waals surface area contributed by atoms with Gasteiger partial charge in [0, 0.05) is 11.9 Å². The van der Waals surface area contributed by atoms with Crippen molar-refractivity contribution in [2.45, 2.75) is 19.1 Å². The molecule has 0 unspecified atom stereocenters. The van der Waals surface area contributed by atoms with Crippen LogP contribution in [0, 0.1) is 0 Å². The van der Waals surface area contributed by atoms with Crippen LogP contribution in [0.1, 0.15) is 38.2 Å². The van der Waals surface area contributed by atoms with Crippen LogP contribution in [0.5, 0.6) is 0 Å². The van der Waals surface area contributed by atoms with Crippen molar-refractivity contribution in [3.05, 3.63) is 37.9 Å². The Kier molecular flexibility index (Phi) is 5.58. The van der Waals surface area contributed by atoms with Gasteiger partial charge >= 0.3 is 5.97 Å². The number of halogens is 2. The first-order valence-corrected chi connectivity index (χ1v) is 11.4. The van der Waals surface area contributed by atoms with E-state index in [2.05, 4.69) is 5.32 Å². The molecule has 3 heterocycles. The van der Waals surface area contributed by atoms with Gasteiger partial charge in [0.2, 0.25) is 0 Å². The fourth-order valence-corrected chi connectivity index (χ4v) is 6.27. The van der Waals surface area contributed by atoms with E-state index in [4.69, 9.17) is 27.9 Å². The lowest BCUT2D eigenvalue weighted by Crippen LogP contribution is -2.20. The molecule has 2 aromatic rings. The molecule has 0 saturated heterocycles. The van der Waals surface area contributed by atoms with Gasteiger partial charge in [-0.05, 0) is 25.0 Å². The maximum atomic E-state index is 12.7. The summed E-state index contributed by atoms with van der Waals surface area (Å²) in [7, 11) is -1.64. The molecule has 0 radical (unpaired) electrons. The van der Waals surface area contributed by atoms with E-state index >= 15 is 0 Å². The van der Waals surface area contributed by atoms with Crippen LogP contribution < -0.4 is 5.32 Å². The number of aromatic nitrogens is 1. The molecule has 0 aliphatic carbocycles. The molecule has 0 atom stereocenters. The molecule has 0 bridgehead atoms. The largest absolute Gasteiger partial charge is 0.462 e. The lowest BCUT2D eigenvalue weighted by atomic mass is 10.1. The number of ether oxygens (including phenoxy) is 1. The topological polar surface area (TPSA) is 94.5 Å². The highest BCUT2D eigenvalue weighted by Gasteiger charge is 2.32. The number of hydrogen-bond acceptors (Lipinski definition) is 6. The highest BCUT2D eigenvalue weighted by molar-refractivity contribution is 7.90. The molecule has 27 heavy (non-hydrogen) atoms. The molecule has 1 aliphatic rings. The molecule has 0 spiro atoms. The standard InChI is InChI=1S/C16H16Cl2N2O5S2/c1-3-25-16(22)12-8-4-5-27(23,24)7-11(8)26-15(12)19-14(21)10-6-9(17)13(18)20(10)2/h6H,3-5,7H2,1-2H3,(H,19,21). The van der Waals surface area contributed by atoms with Gasteiger partial charge in [0.15, 0.2) is 9.84 Å². The SMILES string of the molecule is CCOC(=O)c1c(NC(=O)c2cc(Cl)c(Cl)n2C)sc2c1CCS(=O)(=O)C2. The van der Waals surface area contributed by atoms with Crippen molar-refractivity contribution in [2.75, 3.05) is 17.7 Å². The monoisotopic (exact) mass is 450 g/mol. The smallest absolute Gasteiger partial charge is 0.341 e. The first-order chi connectivity index (χ1) is 12.6. The van der Waals surface area contributed by atoms with Gasteiger partial charge in [0.05, 0.1) is 28.7 Å². The minimum Gasteiger partial charge on any atom is -0.462 e. The normalized spacial score (nSPS) is 15.3. The molecular weight excluding hydrogens is 435 g/mol. The van der Waals surface area contributed by atoms with Crippen molar-refractivity contribution in [3.63, 3.8) is 0 Å². The fraction of sp³-hybridized carbons (Fsp3) is 0.375. The second-order valence-electron chi connectivity index (χ2n) is 5.95. The zero-order chi connectivity index (χ0) is 19.9. The Morgan fingerprint density at radius 1 is 1.37 bits per heavy atom.